The number of likely N-dealkylation sites (tertiary alicyclic amines) is 1. The van der Waals surface area contributed by atoms with Crippen LogP contribution < -0.4 is 5.32 Å². The van der Waals surface area contributed by atoms with Crippen LogP contribution in [0.15, 0.2) is 0 Å². The number of nitrogens with zero attached hydrogens (tertiary/aromatic N) is 1. The summed E-state index contributed by atoms with van der Waals surface area (Å²) in [6, 6.07) is 0.653. The molecule has 0 radical (unpaired) electrons. The zero-order chi connectivity index (χ0) is 12.2. The van der Waals surface area contributed by atoms with Crippen molar-refractivity contribution in [3.63, 3.8) is 0 Å². The van der Waals surface area contributed by atoms with Crippen LogP contribution in [0.1, 0.15) is 47.0 Å². The summed E-state index contributed by atoms with van der Waals surface area (Å²) in [5.74, 6) is 0.922. The van der Waals surface area contributed by atoms with Gasteiger partial charge >= 0.3 is 0 Å². The summed E-state index contributed by atoms with van der Waals surface area (Å²) >= 11 is 0. The molecule has 0 aromatic carbocycles. The molecule has 0 aliphatic carbocycles. The minimum absolute atomic E-state index is 0.504. The number of piperidine rings is 1. The second kappa shape index (κ2) is 6.02. The highest BCUT2D eigenvalue weighted by atomic mass is 15.1. The summed E-state index contributed by atoms with van der Waals surface area (Å²) < 4.78 is 0. The summed E-state index contributed by atoms with van der Waals surface area (Å²) in [6.07, 6.45) is 4.05. The average Bonchev–Trinajstić information content (AvgIpc) is 2.25. The molecule has 1 N–H and O–H groups in total. The molecule has 0 bridgehead atoms. The Kier molecular flexibility index (Phi) is 5.26. The van der Waals surface area contributed by atoms with Gasteiger partial charge in [-0.2, -0.15) is 0 Å². The number of nitrogens with one attached hydrogen (secondary N) is 1. The van der Waals surface area contributed by atoms with Crippen LogP contribution in [-0.4, -0.2) is 37.6 Å². The molecule has 0 spiro atoms. The Hall–Kier alpha value is -0.0800. The fourth-order valence-corrected chi connectivity index (χ4v) is 2.54. The quantitative estimate of drug-likeness (QED) is 0.793. The van der Waals surface area contributed by atoms with Gasteiger partial charge in [-0.3, -0.25) is 0 Å². The van der Waals surface area contributed by atoms with E-state index < -0.39 is 0 Å². The first-order valence-corrected chi connectivity index (χ1v) is 6.83. The van der Waals surface area contributed by atoms with Crippen LogP contribution in [0.5, 0.6) is 0 Å². The van der Waals surface area contributed by atoms with Gasteiger partial charge in [-0.1, -0.05) is 20.8 Å². The summed E-state index contributed by atoms with van der Waals surface area (Å²) in [5.41, 5.74) is 0.504. The third-order valence-electron chi connectivity index (χ3n) is 4.18. The second-order valence-corrected chi connectivity index (χ2v) is 6.46. The Bertz CT molecular complexity index is 187. The Morgan fingerprint density at radius 3 is 2.25 bits per heavy atom. The summed E-state index contributed by atoms with van der Waals surface area (Å²) in [6.45, 7) is 13.3. The number of hydrogen-bond donors (Lipinski definition) is 1. The van der Waals surface area contributed by atoms with Gasteiger partial charge in [-0.25, -0.2) is 0 Å². The first kappa shape index (κ1) is 14.0. The SMILES string of the molecule is CNC(C)CCN1CCC(C(C)(C)C)CC1. The van der Waals surface area contributed by atoms with E-state index in [4.69, 9.17) is 0 Å². The minimum Gasteiger partial charge on any atom is -0.317 e. The minimum atomic E-state index is 0.504. The fraction of sp³-hybridized carbons (Fsp3) is 1.00. The van der Waals surface area contributed by atoms with Crippen LogP contribution >= 0.6 is 0 Å². The van der Waals surface area contributed by atoms with Crippen LogP contribution in [0.4, 0.5) is 0 Å². The molecule has 1 atom stereocenters. The Morgan fingerprint density at radius 2 is 1.81 bits per heavy atom. The molecule has 2 nitrogen and oxygen atoms in total. The van der Waals surface area contributed by atoms with Crippen molar-refractivity contribution in [1.82, 2.24) is 10.2 Å². The molecular formula is C14H30N2. The van der Waals surface area contributed by atoms with Gasteiger partial charge < -0.3 is 10.2 Å². The van der Waals surface area contributed by atoms with Crippen molar-refractivity contribution in [2.45, 2.75) is 53.0 Å². The maximum Gasteiger partial charge on any atom is 0.00479 e. The molecular weight excluding hydrogens is 196 g/mol. The molecule has 96 valence electrons. The lowest BCUT2D eigenvalue weighted by Crippen LogP contribution is -2.39. The second-order valence-electron chi connectivity index (χ2n) is 6.46. The molecule has 0 aromatic heterocycles. The lowest BCUT2D eigenvalue weighted by atomic mass is 9.75. The largest absolute Gasteiger partial charge is 0.317 e. The molecule has 0 aromatic rings. The van der Waals surface area contributed by atoms with Gasteiger partial charge in [-0.05, 0) is 64.2 Å². The van der Waals surface area contributed by atoms with E-state index in [0.29, 0.717) is 11.5 Å². The molecule has 1 aliphatic heterocycles. The van der Waals surface area contributed by atoms with Crippen LogP contribution in [0.25, 0.3) is 0 Å². The van der Waals surface area contributed by atoms with Crippen molar-refractivity contribution in [2.75, 3.05) is 26.7 Å². The Labute approximate surface area is 102 Å². The Morgan fingerprint density at radius 1 is 1.25 bits per heavy atom. The smallest absolute Gasteiger partial charge is 0.00479 e. The lowest BCUT2D eigenvalue weighted by Gasteiger charge is -2.39. The van der Waals surface area contributed by atoms with Crippen LogP contribution in [0.3, 0.4) is 0 Å². The molecule has 1 aliphatic rings. The van der Waals surface area contributed by atoms with E-state index in [-0.39, 0.29) is 0 Å². The standard InChI is InChI=1S/C14H30N2/c1-12(15-5)6-9-16-10-7-13(8-11-16)14(2,3)4/h12-13,15H,6-11H2,1-5H3. The normalized spacial score (nSPS) is 22.3. The van der Waals surface area contributed by atoms with E-state index in [0.717, 1.165) is 5.92 Å². The van der Waals surface area contributed by atoms with Crippen molar-refractivity contribution in [2.24, 2.45) is 11.3 Å². The van der Waals surface area contributed by atoms with Crippen LogP contribution in [-0.2, 0) is 0 Å². The summed E-state index contributed by atoms with van der Waals surface area (Å²) in [4.78, 5) is 2.64. The van der Waals surface area contributed by atoms with E-state index >= 15 is 0 Å². The van der Waals surface area contributed by atoms with Gasteiger partial charge in [0.15, 0.2) is 0 Å². The molecule has 1 unspecified atom stereocenters. The third-order valence-corrected chi connectivity index (χ3v) is 4.18. The van der Waals surface area contributed by atoms with Crippen molar-refractivity contribution in [1.29, 1.82) is 0 Å². The van der Waals surface area contributed by atoms with Crippen molar-refractivity contribution in [3.8, 4) is 0 Å². The molecule has 0 amide bonds. The topological polar surface area (TPSA) is 15.3 Å². The summed E-state index contributed by atoms with van der Waals surface area (Å²) in [5, 5.41) is 3.31. The highest BCUT2D eigenvalue weighted by Gasteiger charge is 2.28. The van der Waals surface area contributed by atoms with Crippen LogP contribution in [0, 0.1) is 11.3 Å². The lowest BCUT2D eigenvalue weighted by molar-refractivity contribution is 0.110. The summed E-state index contributed by atoms with van der Waals surface area (Å²) in [7, 11) is 2.05. The molecule has 16 heavy (non-hydrogen) atoms. The van der Waals surface area contributed by atoms with Gasteiger partial charge in [0.1, 0.15) is 0 Å². The highest BCUT2D eigenvalue weighted by Crippen LogP contribution is 2.34. The monoisotopic (exact) mass is 226 g/mol. The van der Waals surface area contributed by atoms with Crippen molar-refractivity contribution >= 4 is 0 Å². The van der Waals surface area contributed by atoms with E-state index in [1.165, 1.54) is 38.9 Å². The molecule has 1 rings (SSSR count). The molecule has 0 saturated carbocycles. The first-order valence-electron chi connectivity index (χ1n) is 6.83. The maximum atomic E-state index is 3.31. The van der Waals surface area contributed by atoms with E-state index in [2.05, 4.69) is 45.0 Å². The predicted octanol–water partition coefficient (Wildman–Crippen LogP) is 2.74. The predicted molar refractivity (Wildman–Crippen MR) is 71.8 cm³/mol. The van der Waals surface area contributed by atoms with E-state index in [1.807, 2.05) is 0 Å². The van der Waals surface area contributed by atoms with E-state index in [1.54, 1.807) is 0 Å². The molecule has 1 heterocycles. The van der Waals surface area contributed by atoms with Crippen molar-refractivity contribution in [3.05, 3.63) is 0 Å². The highest BCUT2D eigenvalue weighted by molar-refractivity contribution is 4.80. The number of rotatable bonds is 4. The molecule has 1 saturated heterocycles. The van der Waals surface area contributed by atoms with Gasteiger partial charge in [0, 0.05) is 6.04 Å². The van der Waals surface area contributed by atoms with Gasteiger partial charge in [-0.15, -0.1) is 0 Å². The van der Waals surface area contributed by atoms with Crippen molar-refractivity contribution < 1.29 is 0 Å². The van der Waals surface area contributed by atoms with Gasteiger partial charge in [0.05, 0.1) is 0 Å². The first-order chi connectivity index (χ1) is 7.43. The van der Waals surface area contributed by atoms with Gasteiger partial charge in [0.2, 0.25) is 0 Å². The number of hydrogen-bond acceptors (Lipinski definition) is 2. The maximum absolute atomic E-state index is 3.31. The zero-order valence-electron chi connectivity index (χ0n) is 11.8. The zero-order valence-corrected chi connectivity index (χ0v) is 11.8. The Balaban J connectivity index is 2.22. The fourth-order valence-electron chi connectivity index (χ4n) is 2.54. The van der Waals surface area contributed by atoms with Gasteiger partial charge in [0.25, 0.3) is 0 Å². The molecule has 2 heteroatoms. The van der Waals surface area contributed by atoms with E-state index in [9.17, 15) is 0 Å². The molecule has 1 fully saturated rings. The van der Waals surface area contributed by atoms with Crippen LogP contribution in [0.2, 0.25) is 0 Å². The average molecular weight is 226 g/mol. The third kappa shape index (κ3) is 4.42.